The van der Waals surface area contributed by atoms with Gasteiger partial charge in [-0.25, -0.2) is 0 Å². The Balaban J connectivity index is 2.80. The molecule has 1 atom stereocenters. The van der Waals surface area contributed by atoms with E-state index in [0.717, 1.165) is 16.8 Å². The predicted octanol–water partition coefficient (Wildman–Crippen LogP) is 2.23. The van der Waals surface area contributed by atoms with Crippen molar-refractivity contribution in [1.29, 1.82) is 0 Å². The Morgan fingerprint density at radius 3 is 2.50 bits per heavy atom. The van der Waals surface area contributed by atoms with Crippen LogP contribution >= 0.6 is 0 Å². The number of carbonyl (C=O) groups excluding carboxylic acids is 1. The molecule has 0 aliphatic carbocycles. The second-order valence-corrected chi connectivity index (χ2v) is 4.58. The molecule has 1 rings (SSSR count). The minimum Gasteiger partial charge on any atom is -0.324 e. The minimum absolute atomic E-state index is 0.122. The molecule has 16 heavy (non-hydrogen) atoms. The molecule has 0 bridgehead atoms. The van der Waals surface area contributed by atoms with Crippen LogP contribution in [0.3, 0.4) is 0 Å². The average molecular weight is 220 g/mol. The number of anilines is 1. The molecule has 1 amide bonds. The Labute approximate surface area is 97.0 Å². The summed E-state index contributed by atoms with van der Waals surface area (Å²) in [6.45, 7) is 7.84. The number of nitrogens with one attached hydrogen (secondary N) is 1. The lowest BCUT2D eigenvalue weighted by molar-refractivity contribution is -0.118. The number of aryl methyl sites for hydroxylation is 2. The van der Waals surface area contributed by atoms with Gasteiger partial charge in [0, 0.05) is 5.69 Å². The molecule has 3 heteroatoms. The van der Waals surface area contributed by atoms with Crippen molar-refractivity contribution in [3.05, 3.63) is 29.3 Å². The molecule has 1 aromatic rings. The van der Waals surface area contributed by atoms with Gasteiger partial charge in [-0.2, -0.15) is 0 Å². The van der Waals surface area contributed by atoms with Crippen LogP contribution in [0, 0.1) is 19.8 Å². The average Bonchev–Trinajstić information content (AvgIpc) is 2.22. The van der Waals surface area contributed by atoms with Crippen molar-refractivity contribution in [3.8, 4) is 0 Å². The molecular formula is C13H20N2O. The summed E-state index contributed by atoms with van der Waals surface area (Å²) in [7, 11) is 0. The first-order valence-corrected chi connectivity index (χ1v) is 5.55. The standard InChI is InChI=1S/C13H20N2O/c1-8(2)12(14)13(16)15-11-7-9(3)5-6-10(11)4/h5-8,12H,14H2,1-4H3,(H,15,16)/t12-/m0/s1. The molecule has 0 radical (unpaired) electrons. The first kappa shape index (κ1) is 12.7. The first-order chi connectivity index (χ1) is 7.41. The van der Waals surface area contributed by atoms with Gasteiger partial charge < -0.3 is 11.1 Å². The third-order valence-electron chi connectivity index (χ3n) is 2.67. The maximum Gasteiger partial charge on any atom is 0.241 e. The number of amides is 1. The molecule has 0 fully saturated rings. The second-order valence-electron chi connectivity index (χ2n) is 4.58. The van der Waals surface area contributed by atoms with Gasteiger partial charge in [-0.1, -0.05) is 26.0 Å². The minimum atomic E-state index is -0.458. The van der Waals surface area contributed by atoms with Gasteiger partial charge >= 0.3 is 0 Å². The van der Waals surface area contributed by atoms with E-state index < -0.39 is 6.04 Å². The Kier molecular flexibility index (Phi) is 4.07. The van der Waals surface area contributed by atoms with Crippen LogP contribution in [-0.4, -0.2) is 11.9 Å². The number of benzene rings is 1. The lowest BCUT2D eigenvalue weighted by Gasteiger charge is -2.16. The van der Waals surface area contributed by atoms with Crippen LogP contribution in [0.1, 0.15) is 25.0 Å². The second kappa shape index (κ2) is 5.12. The lowest BCUT2D eigenvalue weighted by atomic mass is 10.0. The SMILES string of the molecule is Cc1ccc(C)c(NC(=O)[C@@H](N)C(C)C)c1. The van der Waals surface area contributed by atoms with Crippen LogP contribution in [0.4, 0.5) is 5.69 Å². The highest BCUT2D eigenvalue weighted by atomic mass is 16.2. The topological polar surface area (TPSA) is 55.1 Å². The van der Waals surface area contributed by atoms with Crippen molar-refractivity contribution < 1.29 is 4.79 Å². The maximum atomic E-state index is 11.8. The summed E-state index contributed by atoms with van der Waals surface area (Å²) < 4.78 is 0. The first-order valence-electron chi connectivity index (χ1n) is 5.55. The van der Waals surface area contributed by atoms with Crippen LogP contribution in [-0.2, 0) is 4.79 Å². The molecular weight excluding hydrogens is 200 g/mol. The number of rotatable bonds is 3. The Morgan fingerprint density at radius 1 is 1.31 bits per heavy atom. The van der Waals surface area contributed by atoms with Gasteiger partial charge in [0.2, 0.25) is 5.91 Å². The van der Waals surface area contributed by atoms with Crippen molar-refractivity contribution in [1.82, 2.24) is 0 Å². The lowest BCUT2D eigenvalue weighted by Crippen LogP contribution is -2.39. The highest BCUT2D eigenvalue weighted by Crippen LogP contribution is 2.16. The summed E-state index contributed by atoms with van der Waals surface area (Å²) >= 11 is 0. The molecule has 88 valence electrons. The van der Waals surface area contributed by atoms with Gasteiger partial charge in [-0.3, -0.25) is 4.79 Å². The Morgan fingerprint density at radius 2 is 1.94 bits per heavy atom. The van der Waals surface area contributed by atoms with Crippen LogP contribution in [0.25, 0.3) is 0 Å². The van der Waals surface area contributed by atoms with Gasteiger partial charge in [-0.15, -0.1) is 0 Å². The van der Waals surface area contributed by atoms with Crippen molar-refractivity contribution in [3.63, 3.8) is 0 Å². The van der Waals surface area contributed by atoms with E-state index in [2.05, 4.69) is 5.32 Å². The van der Waals surface area contributed by atoms with Gasteiger partial charge in [0.15, 0.2) is 0 Å². The third-order valence-corrected chi connectivity index (χ3v) is 2.67. The van der Waals surface area contributed by atoms with Crippen molar-refractivity contribution in [2.45, 2.75) is 33.7 Å². The summed E-state index contributed by atoms with van der Waals surface area (Å²) in [6.07, 6.45) is 0. The monoisotopic (exact) mass is 220 g/mol. The van der Waals surface area contributed by atoms with Crippen molar-refractivity contribution in [2.24, 2.45) is 11.7 Å². The van der Waals surface area contributed by atoms with E-state index >= 15 is 0 Å². The predicted molar refractivity (Wildman–Crippen MR) is 67.4 cm³/mol. The molecule has 0 aliphatic heterocycles. The summed E-state index contributed by atoms with van der Waals surface area (Å²) in [5.74, 6) is 0.0221. The van der Waals surface area contributed by atoms with Crippen LogP contribution in [0.15, 0.2) is 18.2 Å². The zero-order valence-electron chi connectivity index (χ0n) is 10.4. The number of hydrogen-bond acceptors (Lipinski definition) is 2. The van der Waals surface area contributed by atoms with Crippen LogP contribution < -0.4 is 11.1 Å². The smallest absolute Gasteiger partial charge is 0.241 e. The molecule has 0 heterocycles. The highest BCUT2D eigenvalue weighted by Gasteiger charge is 2.17. The zero-order valence-corrected chi connectivity index (χ0v) is 10.4. The molecule has 0 saturated heterocycles. The molecule has 0 aliphatic rings. The Hall–Kier alpha value is -1.35. The quantitative estimate of drug-likeness (QED) is 0.820. The normalized spacial score (nSPS) is 12.6. The van der Waals surface area contributed by atoms with E-state index in [9.17, 15) is 4.79 Å². The van der Waals surface area contributed by atoms with E-state index in [1.54, 1.807) is 0 Å². The van der Waals surface area contributed by atoms with Gasteiger partial charge in [0.1, 0.15) is 0 Å². The zero-order chi connectivity index (χ0) is 12.3. The highest BCUT2D eigenvalue weighted by molar-refractivity contribution is 5.95. The molecule has 0 saturated carbocycles. The van der Waals surface area contributed by atoms with Crippen LogP contribution in [0.5, 0.6) is 0 Å². The summed E-state index contributed by atoms with van der Waals surface area (Å²) in [5, 5.41) is 2.87. The maximum absolute atomic E-state index is 11.8. The molecule has 3 N–H and O–H groups in total. The molecule has 0 aromatic heterocycles. The van der Waals surface area contributed by atoms with Gasteiger partial charge in [0.25, 0.3) is 0 Å². The number of carbonyl (C=O) groups is 1. The van der Waals surface area contributed by atoms with E-state index in [4.69, 9.17) is 5.73 Å². The molecule has 0 spiro atoms. The van der Waals surface area contributed by atoms with Crippen molar-refractivity contribution in [2.75, 3.05) is 5.32 Å². The fourth-order valence-electron chi connectivity index (χ4n) is 1.39. The van der Waals surface area contributed by atoms with E-state index in [0.29, 0.717) is 0 Å². The molecule has 1 aromatic carbocycles. The third kappa shape index (κ3) is 3.07. The van der Waals surface area contributed by atoms with Crippen molar-refractivity contribution >= 4 is 11.6 Å². The molecule has 3 nitrogen and oxygen atoms in total. The fraction of sp³-hybridized carbons (Fsp3) is 0.462. The Bertz CT molecular complexity index is 386. The number of nitrogens with two attached hydrogens (primary N) is 1. The number of hydrogen-bond donors (Lipinski definition) is 2. The fourth-order valence-corrected chi connectivity index (χ4v) is 1.39. The van der Waals surface area contributed by atoms with Gasteiger partial charge in [0.05, 0.1) is 6.04 Å². The molecule has 0 unspecified atom stereocenters. The van der Waals surface area contributed by atoms with E-state index in [1.165, 1.54) is 0 Å². The van der Waals surface area contributed by atoms with E-state index in [1.807, 2.05) is 45.9 Å². The van der Waals surface area contributed by atoms with Crippen LogP contribution in [0.2, 0.25) is 0 Å². The van der Waals surface area contributed by atoms with E-state index in [-0.39, 0.29) is 11.8 Å². The van der Waals surface area contributed by atoms with Gasteiger partial charge in [-0.05, 0) is 37.0 Å². The summed E-state index contributed by atoms with van der Waals surface area (Å²) in [5.41, 5.74) is 8.81. The summed E-state index contributed by atoms with van der Waals surface area (Å²) in [6, 6.07) is 5.51. The largest absolute Gasteiger partial charge is 0.324 e. The summed E-state index contributed by atoms with van der Waals surface area (Å²) in [4.78, 5) is 11.8.